The third kappa shape index (κ3) is 2.17. The van der Waals surface area contributed by atoms with Gasteiger partial charge in [0.05, 0.1) is 14.2 Å². The second-order valence-electron chi connectivity index (χ2n) is 3.12. The quantitative estimate of drug-likeness (QED) is 0.797. The molecule has 0 unspecified atom stereocenters. The summed E-state index contributed by atoms with van der Waals surface area (Å²) in [6.07, 6.45) is 0. The van der Waals surface area contributed by atoms with Crippen LogP contribution >= 0.6 is 0 Å². The number of benzene rings is 1. The summed E-state index contributed by atoms with van der Waals surface area (Å²) in [5, 5.41) is 3.17. The molecule has 1 rings (SSSR count). The SMILES string of the molecule is CN[C@H](C)c1ccc(OC)cc1OC. The van der Waals surface area contributed by atoms with Crippen molar-refractivity contribution in [2.45, 2.75) is 13.0 Å². The topological polar surface area (TPSA) is 30.5 Å². The van der Waals surface area contributed by atoms with Gasteiger partial charge in [0, 0.05) is 17.7 Å². The maximum absolute atomic E-state index is 5.29. The first-order valence-corrected chi connectivity index (χ1v) is 4.62. The smallest absolute Gasteiger partial charge is 0.127 e. The minimum Gasteiger partial charge on any atom is -0.497 e. The standard InChI is InChI=1S/C11H17NO2/c1-8(12-2)10-6-5-9(13-3)7-11(10)14-4/h5-8,12H,1-4H3/t8-/m1/s1. The van der Waals surface area contributed by atoms with Crippen molar-refractivity contribution in [2.24, 2.45) is 0 Å². The lowest BCUT2D eigenvalue weighted by atomic mass is 10.1. The van der Waals surface area contributed by atoms with Crippen molar-refractivity contribution in [3.63, 3.8) is 0 Å². The van der Waals surface area contributed by atoms with Crippen molar-refractivity contribution >= 4 is 0 Å². The molecule has 0 amide bonds. The summed E-state index contributed by atoms with van der Waals surface area (Å²) in [7, 11) is 5.24. The zero-order valence-corrected chi connectivity index (χ0v) is 9.13. The molecule has 0 aromatic heterocycles. The van der Waals surface area contributed by atoms with Crippen molar-refractivity contribution in [1.29, 1.82) is 0 Å². The maximum Gasteiger partial charge on any atom is 0.127 e. The van der Waals surface area contributed by atoms with Crippen molar-refractivity contribution in [1.82, 2.24) is 5.32 Å². The summed E-state index contributed by atoms with van der Waals surface area (Å²) in [6, 6.07) is 6.11. The Kier molecular flexibility index (Phi) is 3.77. The van der Waals surface area contributed by atoms with Crippen LogP contribution in [0.15, 0.2) is 18.2 Å². The predicted molar refractivity (Wildman–Crippen MR) is 57.0 cm³/mol. The monoisotopic (exact) mass is 195 g/mol. The molecule has 0 aliphatic carbocycles. The number of hydrogen-bond donors (Lipinski definition) is 1. The molecular weight excluding hydrogens is 178 g/mol. The van der Waals surface area contributed by atoms with E-state index in [2.05, 4.69) is 12.2 Å². The fraction of sp³-hybridized carbons (Fsp3) is 0.455. The number of ether oxygens (including phenoxy) is 2. The van der Waals surface area contributed by atoms with Gasteiger partial charge in [0.25, 0.3) is 0 Å². The molecule has 78 valence electrons. The largest absolute Gasteiger partial charge is 0.497 e. The highest BCUT2D eigenvalue weighted by Gasteiger charge is 2.09. The van der Waals surface area contributed by atoms with Crippen LogP contribution in [0.1, 0.15) is 18.5 Å². The van der Waals surface area contributed by atoms with Crippen LogP contribution in [0.25, 0.3) is 0 Å². The fourth-order valence-corrected chi connectivity index (χ4v) is 1.33. The molecule has 0 radical (unpaired) electrons. The Hall–Kier alpha value is -1.22. The maximum atomic E-state index is 5.29. The Balaban J connectivity index is 3.04. The second kappa shape index (κ2) is 4.86. The average Bonchev–Trinajstić information content (AvgIpc) is 2.27. The van der Waals surface area contributed by atoms with E-state index < -0.39 is 0 Å². The highest BCUT2D eigenvalue weighted by atomic mass is 16.5. The summed E-state index contributed by atoms with van der Waals surface area (Å²) in [4.78, 5) is 0. The van der Waals surface area contributed by atoms with Crippen LogP contribution in [0.4, 0.5) is 0 Å². The normalized spacial score (nSPS) is 12.3. The molecule has 0 heterocycles. The molecule has 0 bridgehead atoms. The molecule has 14 heavy (non-hydrogen) atoms. The van der Waals surface area contributed by atoms with Crippen molar-refractivity contribution < 1.29 is 9.47 Å². The van der Waals surface area contributed by atoms with Crippen LogP contribution in [0, 0.1) is 0 Å². The summed E-state index contributed by atoms with van der Waals surface area (Å²) in [5.41, 5.74) is 1.14. The first kappa shape index (κ1) is 10.9. The fourth-order valence-electron chi connectivity index (χ4n) is 1.33. The summed E-state index contributed by atoms with van der Waals surface area (Å²) in [6.45, 7) is 2.09. The average molecular weight is 195 g/mol. The molecule has 1 aromatic carbocycles. The van der Waals surface area contributed by atoms with E-state index in [1.165, 1.54) is 0 Å². The Morgan fingerprint density at radius 2 is 1.93 bits per heavy atom. The minimum atomic E-state index is 0.274. The van der Waals surface area contributed by atoms with Crippen LogP contribution in [-0.2, 0) is 0 Å². The van der Waals surface area contributed by atoms with E-state index in [1.54, 1.807) is 14.2 Å². The van der Waals surface area contributed by atoms with E-state index in [9.17, 15) is 0 Å². The number of rotatable bonds is 4. The molecule has 0 fully saturated rings. The molecule has 0 saturated carbocycles. The van der Waals surface area contributed by atoms with Gasteiger partial charge >= 0.3 is 0 Å². The Morgan fingerprint density at radius 1 is 1.21 bits per heavy atom. The van der Waals surface area contributed by atoms with Gasteiger partial charge in [-0.2, -0.15) is 0 Å². The molecular formula is C11H17NO2. The second-order valence-corrected chi connectivity index (χ2v) is 3.12. The van der Waals surface area contributed by atoms with E-state index >= 15 is 0 Å². The van der Waals surface area contributed by atoms with Gasteiger partial charge in [0.15, 0.2) is 0 Å². The van der Waals surface area contributed by atoms with Crippen LogP contribution in [-0.4, -0.2) is 21.3 Å². The predicted octanol–water partition coefficient (Wildman–Crippen LogP) is 1.98. The van der Waals surface area contributed by atoms with E-state index in [0.29, 0.717) is 0 Å². The Bertz CT molecular complexity index is 299. The van der Waals surface area contributed by atoms with Crippen molar-refractivity contribution in [3.05, 3.63) is 23.8 Å². The van der Waals surface area contributed by atoms with Gasteiger partial charge in [-0.15, -0.1) is 0 Å². The number of hydrogen-bond acceptors (Lipinski definition) is 3. The molecule has 1 N–H and O–H groups in total. The van der Waals surface area contributed by atoms with Gasteiger partial charge in [0.2, 0.25) is 0 Å². The van der Waals surface area contributed by atoms with Crippen molar-refractivity contribution in [2.75, 3.05) is 21.3 Å². The molecule has 1 atom stereocenters. The Labute approximate surface area is 85.0 Å². The lowest BCUT2D eigenvalue weighted by Gasteiger charge is -2.15. The summed E-state index contributed by atoms with van der Waals surface area (Å²) in [5.74, 6) is 1.67. The van der Waals surface area contributed by atoms with E-state index in [0.717, 1.165) is 17.1 Å². The van der Waals surface area contributed by atoms with E-state index in [1.807, 2.05) is 25.2 Å². The number of methoxy groups -OCH3 is 2. The molecule has 0 spiro atoms. The molecule has 0 saturated heterocycles. The zero-order valence-electron chi connectivity index (χ0n) is 9.13. The molecule has 0 aliphatic heterocycles. The lowest BCUT2D eigenvalue weighted by Crippen LogP contribution is -2.13. The van der Waals surface area contributed by atoms with Gasteiger partial charge < -0.3 is 14.8 Å². The third-order valence-corrected chi connectivity index (χ3v) is 2.34. The van der Waals surface area contributed by atoms with E-state index in [-0.39, 0.29) is 6.04 Å². The van der Waals surface area contributed by atoms with Gasteiger partial charge in [0.1, 0.15) is 11.5 Å². The molecule has 3 heteroatoms. The Morgan fingerprint density at radius 3 is 2.43 bits per heavy atom. The minimum absolute atomic E-state index is 0.274. The van der Waals surface area contributed by atoms with Crippen LogP contribution < -0.4 is 14.8 Å². The zero-order chi connectivity index (χ0) is 10.6. The first-order valence-electron chi connectivity index (χ1n) is 4.62. The first-order chi connectivity index (χ1) is 6.72. The van der Waals surface area contributed by atoms with Crippen LogP contribution in [0.3, 0.4) is 0 Å². The van der Waals surface area contributed by atoms with Crippen LogP contribution in [0.5, 0.6) is 11.5 Å². The molecule has 0 aliphatic rings. The van der Waals surface area contributed by atoms with Gasteiger partial charge in [-0.3, -0.25) is 0 Å². The van der Waals surface area contributed by atoms with Gasteiger partial charge in [-0.25, -0.2) is 0 Å². The lowest BCUT2D eigenvalue weighted by molar-refractivity contribution is 0.387. The highest BCUT2D eigenvalue weighted by Crippen LogP contribution is 2.28. The third-order valence-electron chi connectivity index (χ3n) is 2.34. The van der Waals surface area contributed by atoms with E-state index in [4.69, 9.17) is 9.47 Å². The number of nitrogens with one attached hydrogen (secondary N) is 1. The summed E-state index contributed by atoms with van der Waals surface area (Å²) < 4.78 is 10.4. The van der Waals surface area contributed by atoms with Gasteiger partial charge in [-0.05, 0) is 20.0 Å². The van der Waals surface area contributed by atoms with Crippen LogP contribution in [0.2, 0.25) is 0 Å². The molecule has 1 aromatic rings. The molecule has 3 nitrogen and oxygen atoms in total. The van der Waals surface area contributed by atoms with Crippen molar-refractivity contribution in [3.8, 4) is 11.5 Å². The highest BCUT2D eigenvalue weighted by molar-refractivity contribution is 5.42. The summed E-state index contributed by atoms with van der Waals surface area (Å²) >= 11 is 0. The van der Waals surface area contributed by atoms with Gasteiger partial charge in [-0.1, -0.05) is 6.07 Å².